The average Bonchev–Trinajstić information content (AvgIpc) is 2.41. The van der Waals surface area contributed by atoms with Crippen molar-refractivity contribution in [1.82, 2.24) is 5.32 Å². The van der Waals surface area contributed by atoms with Gasteiger partial charge in [-0.2, -0.15) is 0 Å². The number of rotatable bonds is 0. The first kappa shape index (κ1) is 12.2. The molecule has 2 aliphatic carbocycles. The number of allylic oxidation sites excluding steroid dienone is 3. The zero-order chi connectivity index (χ0) is 12.5. The van der Waals surface area contributed by atoms with E-state index in [1.165, 1.54) is 11.1 Å². The number of nitrogens with zero attached hydrogens (tertiary/aromatic N) is 1. The van der Waals surface area contributed by atoms with E-state index in [4.69, 9.17) is 4.99 Å². The average molecular weight is 262 g/mol. The van der Waals surface area contributed by atoms with Crippen LogP contribution in [0.25, 0.3) is 0 Å². The molecular formula is C14H18N2OS. The van der Waals surface area contributed by atoms with Crippen molar-refractivity contribution in [3.05, 3.63) is 35.1 Å². The third-order valence-electron chi connectivity index (χ3n) is 3.53. The molecule has 0 aromatic heterocycles. The molecule has 0 radical (unpaired) electrons. The van der Waals surface area contributed by atoms with Crippen LogP contribution in [-0.4, -0.2) is 28.2 Å². The van der Waals surface area contributed by atoms with Crippen molar-refractivity contribution in [3.8, 4) is 0 Å². The Morgan fingerprint density at radius 2 is 2.39 bits per heavy atom. The highest BCUT2D eigenvalue weighted by atomic mass is 32.2. The SMILES string of the molecule is C/C1=N\C2=CCCC3=C2C(CC=C3)NC(O)CS1. The van der Waals surface area contributed by atoms with Gasteiger partial charge < -0.3 is 5.11 Å². The van der Waals surface area contributed by atoms with Crippen LogP contribution in [0.5, 0.6) is 0 Å². The highest BCUT2D eigenvalue weighted by Crippen LogP contribution is 2.35. The van der Waals surface area contributed by atoms with Crippen LogP contribution in [0.4, 0.5) is 0 Å². The lowest BCUT2D eigenvalue weighted by Gasteiger charge is -2.30. The van der Waals surface area contributed by atoms with Crippen molar-refractivity contribution in [2.75, 3.05) is 5.75 Å². The van der Waals surface area contributed by atoms with Crippen LogP contribution >= 0.6 is 11.8 Å². The van der Waals surface area contributed by atoms with E-state index in [9.17, 15) is 5.11 Å². The van der Waals surface area contributed by atoms with Gasteiger partial charge in [0.25, 0.3) is 0 Å². The Balaban J connectivity index is 2.05. The quantitative estimate of drug-likeness (QED) is 0.704. The van der Waals surface area contributed by atoms with Crippen LogP contribution in [-0.2, 0) is 0 Å². The monoisotopic (exact) mass is 262 g/mol. The minimum absolute atomic E-state index is 0.210. The summed E-state index contributed by atoms with van der Waals surface area (Å²) in [6.45, 7) is 2.02. The van der Waals surface area contributed by atoms with Gasteiger partial charge in [0.2, 0.25) is 0 Å². The van der Waals surface area contributed by atoms with Crippen molar-refractivity contribution in [2.45, 2.75) is 38.5 Å². The summed E-state index contributed by atoms with van der Waals surface area (Å²) in [6, 6.07) is 0.210. The zero-order valence-corrected chi connectivity index (χ0v) is 11.3. The normalized spacial score (nSPS) is 34.8. The first-order valence-electron chi connectivity index (χ1n) is 6.46. The maximum absolute atomic E-state index is 10.0. The molecule has 0 saturated carbocycles. The van der Waals surface area contributed by atoms with Crippen molar-refractivity contribution >= 4 is 16.8 Å². The Bertz CT molecular complexity index is 476. The number of nitrogens with one attached hydrogen (secondary N) is 1. The molecule has 4 heteroatoms. The van der Waals surface area contributed by atoms with Gasteiger partial charge >= 0.3 is 0 Å². The summed E-state index contributed by atoms with van der Waals surface area (Å²) in [7, 11) is 0. The molecular weight excluding hydrogens is 244 g/mol. The molecule has 3 rings (SSSR count). The van der Waals surface area contributed by atoms with Crippen LogP contribution in [0.3, 0.4) is 0 Å². The Morgan fingerprint density at radius 3 is 3.28 bits per heavy atom. The highest BCUT2D eigenvalue weighted by Gasteiger charge is 2.27. The fourth-order valence-corrected chi connectivity index (χ4v) is 3.41. The van der Waals surface area contributed by atoms with Crippen molar-refractivity contribution in [2.24, 2.45) is 4.99 Å². The second-order valence-electron chi connectivity index (χ2n) is 4.88. The second-order valence-corrected chi connectivity index (χ2v) is 6.09. The minimum atomic E-state index is -0.466. The first-order chi connectivity index (χ1) is 8.74. The number of hydrogen-bond donors (Lipinski definition) is 2. The molecule has 0 aromatic rings. The molecule has 3 aliphatic rings. The molecule has 1 aliphatic heterocycles. The van der Waals surface area contributed by atoms with Crippen LogP contribution in [0, 0.1) is 0 Å². The number of aliphatic hydroxyl groups excluding tert-OH is 1. The molecule has 2 N–H and O–H groups in total. The largest absolute Gasteiger partial charge is 0.378 e. The van der Waals surface area contributed by atoms with E-state index in [-0.39, 0.29) is 6.04 Å². The molecule has 2 atom stereocenters. The van der Waals surface area contributed by atoms with E-state index in [1.54, 1.807) is 11.8 Å². The lowest BCUT2D eigenvalue weighted by Crippen LogP contribution is -2.42. The smallest absolute Gasteiger partial charge is 0.114 e. The summed E-state index contributed by atoms with van der Waals surface area (Å²) in [5.41, 5.74) is 3.79. The number of thioether (sulfide) groups is 1. The fraction of sp³-hybridized carbons (Fsp3) is 0.500. The van der Waals surface area contributed by atoms with E-state index in [1.807, 2.05) is 6.92 Å². The first-order valence-corrected chi connectivity index (χ1v) is 7.45. The second kappa shape index (κ2) is 5.03. The van der Waals surface area contributed by atoms with Crippen LogP contribution in [0.1, 0.15) is 26.2 Å². The Hall–Kier alpha value is -0.840. The summed E-state index contributed by atoms with van der Waals surface area (Å²) in [5.74, 6) is 0.658. The van der Waals surface area contributed by atoms with E-state index in [0.717, 1.165) is 30.0 Å². The lowest BCUT2D eigenvalue weighted by molar-refractivity contribution is 0.151. The molecule has 0 fully saturated rings. The van der Waals surface area contributed by atoms with Crippen LogP contribution < -0.4 is 5.32 Å². The fourth-order valence-electron chi connectivity index (χ4n) is 2.75. The van der Waals surface area contributed by atoms with E-state index >= 15 is 0 Å². The predicted molar refractivity (Wildman–Crippen MR) is 76.6 cm³/mol. The van der Waals surface area contributed by atoms with Crippen LogP contribution in [0.15, 0.2) is 40.1 Å². The van der Waals surface area contributed by atoms with Gasteiger partial charge in [-0.05, 0) is 37.3 Å². The van der Waals surface area contributed by atoms with Gasteiger partial charge in [0.15, 0.2) is 0 Å². The zero-order valence-electron chi connectivity index (χ0n) is 10.5. The molecule has 2 unspecified atom stereocenters. The molecule has 96 valence electrons. The highest BCUT2D eigenvalue weighted by molar-refractivity contribution is 8.13. The minimum Gasteiger partial charge on any atom is -0.378 e. The van der Waals surface area contributed by atoms with Crippen molar-refractivity contribution in [1.29, 1.82) is 0 Å². The molecule has 0 saturated heterocycles. The molecule has 18 heavy (non-hydrogen) atoms. The van der Waals surface area contributed by atoms with Crippen molar-refractivity contribution < 1.29 is 5.11 Å². The van der Waals surface area contributed by atoms with Gasteiger partial charge in [0.05, 0.1) is 10.7 Å². The van der Waals surface area contributed by atoms with Gasteiger partial charge in [0.1, 0.15) is 6.23 Å². The summed E-state index contributed by atoms with van der Waals surface area (Å²) in [4.78, 5) is 4.73. The summed E-state index contributed by atoms with van der Waals surface area (Å²) in [6.07, 6.45) is 9.28. The maximum atomic E-state index is 10.0. The summed E-state index contributed by atoms with van der Waals surface area (Å²) in [5, 5.41) is 14.4. The van der Waals surface area contributed by atoms with Gasteiger partial charge in [-0.25, -0.2) is 4.99 Å². The third-order valence-corrected chi connectivity index (χ3v) is 4.53. The van der Waals surface area contributed by atoms with E-state index < -0.39 is 6.23 Å². The van der Waals surface area contributed by atoms with Gasteiger partial charge in [0, 0.05) is 11.8 Å². The number of aliphatic hydroxyl groups is 1. The predicted octanol–water partition coefficient (Wildman–Crippen LogP) is 2.36. The number of aliphatic imine (C=N–C) groups is 1. The molecule has 0 amide bonds. The third kappa shape index (κ3) is 2.32. The standard InChI is InChI=1S/C14H18N2OS/c1-9-15-11-6-2-4-10-5-3-7-12(14(10)11)16-13(17)8-18-9/h3,5-6,12-13,16-17H,2,4,7-8H2,1H3/b15-9+. The van der Waals surface area contributed by atoms with Gasteiger partial charge in [-0.3, -0.25) is 5.32 Å². The summed E-state index contributed by atoms with van der Waals surface area (Å²) >= 11 is 1.62. The maximum Gasteiger partial charge on any atom is 0.114 e. The van der Waals surface area contributed by atoms with E-state index in [0.29, 0.717) is 5.75 Å². The topological polar surface area (TPSA) is 44.6 Å². The molecule has 0 aromatic carbocycles. The van der Waals surface area contributed by atoms with Gasteiger partial charge in [-0.15, -0.1) is 11.8 Å². The molecule has 0 spiro atoms. The van der Waals surface area contributed by atoms with E-state index in [2.05, 4.69) is 23.5 Å². The Labute approximate surface area is 112 Å². The molecule has 1 heterocycles. The lowest BCUT2D eigenvalue weighted by atomic mass is 9.84. The summed E-state index contributed by atoms with van der Waals surface area (Å²) < 4.78 is 0. The molecule has 0 bridgehead atoms. The van der Waals surface area contributed by atoms with Crippen LogP contribution in [0.2, 0.25) is 0 Å². The van der Waals surface area contributed by atoms with Gasteiger partial charge in [-0.1, -0.05) is 18.2 Å². The van der Waals surface area contributed by atoms with Crippen molar-refractivity contribution in [3.63, 3.8) is 0 Å². The Morgan fingerprint density at radius 1 is 1.50 bits per heavy atom. The molecule has 3 nitrogen and oxygen atoms in total. The Kier molecular flexibility index (Phi) is 3.41. The number of hydrogen-bond acceptors (Lipinski definition) is 4.